The summed E-state index contributed by atoms with van der Waals surface area (Å²) in [7, 11) is 0. The normalized spacial score (nSPS) is 20.9. The maximum atomic E-state index is 11.3. The fourth-order valence-corrected chi connectivity index (χ4v) is 1.61. The maximum Gasteiger partial charge on any atom is 0.355 e. The Morgan fingerprint density at radius 2 is 2.06 bits per heavy atom. The molecule has 0 spiro atoms. The lowest BCUT2D eigenvalue weighted by Crippen LogP contribution is -2.09. The second kappa shape index (κ2) is 3.61. The molecule has 5 heteroatoms. The molecule has 0 aliphatic carbocycles. The van der Waals surface area contributed by atoms with Crippen LogP contribution in [-0.4, -0.2) is 11.1 Å². The summed E-state index contributed by atoms with van der Waals surface area (Å²) in [6.07, 6.45) is -0.512. The Morgan fingerprint density at radius 1 is 1.41 bits per heavy atom. The van der Waals surface area contributed by atoms with Gasteiger partial charge in [0.05, 0.1) is 0 Å². The van der Waals surface area contributed by atoms with Crippen molar-refractivity contribution in [3.63, 3.8) is 0 Å². The lowest BCUT2D eigenvalue weighted by Gasteiger charge is -2.12. The number of nitrogens with zero attached hydrogens (tertiary/aromatic N) is 1. The summed E-state index contributed by atoms with van der Waals surface area (Å²) in [5.74, 6) is 0.259. The summed E-state index contributed by atoms with van der Waals surface area (Å²) in [5, 5.41) is 3.94. The summed E-state index contributed by atoms with van der Waals surface area (Å²) in [4.78, 5) is 11.3. The summed E-state index contributed by atoms with van der Waals surface area (Å²) in [5.41, 5.74) is 6.89. The largest absolute Gasteiger partial charge is 0.446 e. The van der Waals surface area contributed by atoms with Crippen molar-refractivity contribution in [2.24, 2.45) is 5.73 Å². The fraction of sp³-hybridized carbons (Fsp3) is 0.500. The molecule has 1 aliphatic heterocycles. The highest BCUT2D eigenvalue weighted by Crippen LogP contribution is 2.34. The SMILES string of the molecule is CC1=C(N)C(=O)OC1c1cc(C(C)(C)C)on1. The van der Waals surface area contributed by atoms with Crippen molar-refractivity contribution < 1.29 is 14.1 Å². The molecule has 2 rings (SSSR count). The van der Waals surface area contributed by atoms with Gasteiger partial charge in [-0.05, 0) is 6.92 Å². The molecule has 1 atom stereocenters. The standard InChI is InChI=1S/C12H16N2O3/c1-6-9(13)11(15)16-10(6)7-5-8(17-14-7)12(2,3)4/h5,10H,13H2,1-4H3. The molecule has 0 fully saturated rings. The molecule has 1 aromatic heterocycles. The molecule has 1 unspecified atom stereocenters. The molecule has 0 aromatic carbocycles. The number of esters is 1. The Balaban J connectivity index is 2.32. The molecular weight excluding hydrogens is 220 g/mol. The molecular formula is C12H16N2O3. The van der Waals surface area contributed by atoms with Gasteiger partial charge in [0.1, 0.15) is 17.2 Å². The number of cyclic esters (lactones) is 1. The second-order valence-corrected chi connectivity index (χ2v) is 5.25. The van der Waals surface area contributed by atoms with Crippen molar-refractivity contribution in [3.8, 4) is 0 Å². The van der Waals surface area contributed by atoms with E-state index in [1.165, 1.54) is 0 Å². The lowest BCUT2D eigenvalue weighted by molar-refractivity contribution is -0.140. The van der Waals surface area contributed by atoms with Crippen LogP contribution in [0.15, 0.2) is 21.9 Å². The molecule has 1 aromatic rings. The van der Waals surface area contributed by atoms with Crippen molar-refractivity contribution in [2.45, 2.75) is 39.2 Å². The first kappa shape index (κ1) is 11.7. The molecule has 0 bridgehead atoms. The predicted molar refractivity (Wildman–Crippen MR) is 60.9 cm³/mol. The average molecular weight is 236 g/mol. The van der Waals surface area contributed by atoms with E-state index in [-0.39, 0.29) is 11.1 Å². The molecule has 0 amide bonds. The van der Waals surface area contributed by atoms with E-state index in [0.717, 1.165) is 5.76 Å². The van der Waals surface area contributed by atoms with E-state index in [1.807, 2.05) is 20.8 Å². The van der Waals surface area contributed by atoms with Crippen molar-refractivity contribution in [2.75, 3.05) is 0 Å². The minimum atomic E-state index is -0.512. The van der Waals surface area contributed by atoms with E-state index in [4.69, 9.17) is 15.0 Å². The Labute approximate surface area is 99.6 Å². The maximum absolute atomic E-state index is 11.3. The van der Waals surface area contributed by atoms with Gasteiger partial charge in [-0.25, -0.2) is 4.79 Å². The molecule has 92 valence electrons. The van der Waals surface area contributed by atoms with E-state index in [1.54, 1.807) is 13.0 Å². The number of aromatic nitrogens is 1. The predicted octanol–water partition coefficient (Wildman–Crippen LogP) is 1.80. The van der Waals surface area contributed by atoms with Crippen LogP contribution in [0.2, 0.25) is 0 Å². The van der Waals surface area contributed by atoms with Crippen molar-refractivity contribution in [1.82, 2.24) is 5.16 Å². The van der Waals surface area contributed by atoms with Crippen LogP contribution >= 0.6 is 0 Å². The molecule has 5 nitrogen and oxygen atoms in total. The number of hydrogen-bond donors (Lipinski definition) is 1. The van der Waals surface area contributed by atoms with Crippen molar-refractivity contribution in [3.05, 3.63) is 28.8 Å². The van der Waals surface area contributed by atoms with Crippen LogP contribution in [0, 0.1) is 0 Å². The monoisotopic (exact) mass is 236 g/mol. The van der Waals surface area contributed by atoms with Gasteiger partial charge in [-0.15, -0.1) is 0 Å². The van der Waals surface area contributed by atoms with Gasteiger partial charge in [0, 0.05) is 17.1 Å². The van der Waals surface area contributed by atoms with Crippen LogP contribution in [0.4, 0.5) is 0 Å². The number of rotatable bonds is 1. The second-order valence-electron chi connectivity index (χ2n) is 5.25. The van der Waals surface area contributed by atoms with Crippen LogP contribution in [0.5, 0.6) is 0 Å². The highest BCUT2D eigenvalue weighted by Gasteiger charge is 2.34. The molecule has 0 saturated heterocycles. The fourth-order valence-electron chi connectivity index (χ4n) is 1.61. The minimum absolute atomic E-state index is 0.128. The Morgan fingerprint density at radius 3 is 2.47 bits per heavy atom. The third kappa shape index (κ3) is 1.92. The number of carbonyl (C=O) groups is 1. The van der Waals surface area contributed by atoms with Crippen LogP contribution in [-0.2, 0) is 14.9 Å². The third-order valence-corrected chi connectivity index (χ3v) is 2.80. The number of hydrogen-bond acceptors (Lipinski definition) is 5. The summed E-state index contributed by atoms with van der Waals surface area (Å²) < 4.78 is 10.4. The van der Waals surface area contributed by atoms with Gasteiger partial charge in [0.15, 0.2) is 6.10 Å². The third-order valence-electron chi connectivity index (χ3n) is 2.80. The quantitative estimate of drug-likeness (QED) is 0.752. The number of carbonyl (C=O) groups excluding carboxylic acids is 1. The van der Waals surface area contributed by atoms with Crippen LogP contribution in [0.3, 0.4) is 0 Å². The lowest BCUT2D eigenvalue weighted by atomic mass is 9.92. The van der Waals surface area contributed by atoms with E-state index in [2.05, 4.69) is 5.16 Å². The highest BCUT2D eigenvalue weighted by atomic mass is 16.6. The van der Waals surface area contributed by atoms with Crippen molar-refractivity contribution >= 4 is 5.97 Å². The summed E-state index contributed by atoms with van der Waals surface area (Å²) >= 11 is 0. The first-order valence-electron chi connectivity index (χ1n) is 5.45. The van der Waals surface area contributed by atoms with Gasteiger partial charge in [-0.3, -0.25) is 0 Å². The highest BCUT2D eigenvalue weighted by molar-refractivity contribution is 5.91. The topological polar surface area (TPSA) is 78.4 Å². The van der Waals surface area contributed by atoms with E-state index in [9.17, 15) is 4.79 Å². The minimum Gasteiger partial charge on any atom is -0.446 e. The van der Waals surface area contributed by atoms with Crippen LogP contribution in [0.1, 0.15) is 45.3 Å². The zero-order chi connectivity index (χ0) is 12.8. The Kier molecular flexibility index (Phi) is 2.49. The molecule has 2 heterocycles. The van der Waals surface area contributed by atoms with Crippen molar-refractivity contribution in [1.29, 1.82) is 0 Å². The van der Waals surface area contributed by atoms with Gasteiger partial charge >= 0.3 is 5.97 Å². The van der Waals surface area contributed by atoms with E-state index < -0.39 is 12.1 Å². The van der Waals surface area contributed by atoms with Crippen LogP contribution in [0.25, 0.3) is 0 Å². The molecule has 0 radical (unpaired) electrons. The number of ether oxygens (including phenoxy) is 1. The van der Waals surface area contributed by atoms with E-state index in [0.29, 0.717) is 11.3 Å². The summed E-state index contributed by atoms with van der Waals surface area (Å²) in [6, 6.07) is 1.81. The van der Waals surface area contributed by atoms with Crippen LogP contribution < -0.4 is 5.73 Å². The Hall–Kier alpha value is -1.78. The molecule has 2 N–H and O–H groups in total. The first-order chi connectivity index (χ1) is 7.80. The van der Waals surface area contributed by atoms with E-state index >= 15 is 0 Å². The zero-order valence-electron chi connectivity index (χ0n) is 10.4. The zero-order valence-corrected chi connectivity index (χ0v) is 10.4. The molecule has 17 heavy (non-hydrogen) atoms. The summed E-state index contributed by atoms with van der Waals surface area (Å²) in [6.45, 7) is 7.83. The molecule has 1 aliphatic rings. The molecule has 0 saturated carbocycles. The first-order valence-corrected chi connectivity index (χ1v) is 5.45. The van der Waals surface area contributed by atoms with Gasteiger partial charge < -0.3 is 15.0 Å². The van der Waals surface area contributed by atoms with Gasteiger partial charge in [0.25, 0.3) is 0 Å². The van der Waals surface area contributed by atoms with Gasteiger partial charge in [0.2, 0.25) is 0 Å². The average Bonchev–Trinajstić information content (AvgIpc) is 2.79. The smallest absolute Gasteiger partial charge is 0.355 e. The van der Waals surface area contributed by atoms with Gasteiger partial charge in [-0.1, -0.05) is 25.9 Å². The Bertz CT molecular complexity index is 494. The van der Waals surface area contributed by atoms with Gasteiger partial charge in [-0.2, -0.15) is 0 Å². The number of nitrogens with two attached hydrogens (primary N) is 1.